The molecular formula is C15H20N4O4. The van der Waals surface area contributed by atoms with Crippen LogP contribution in [0, 0.1) is 6.92 Å². The Bertz CT molecular complexity index is 621. The molecule has 0 saturated heterocycles. The predicted octanol–water partition coefficient (Wildman–Crippen LogP) is 0.270. The van der Waals surface area contributed by atoms with Crippen LogP contribution in [-0.4, -0.2) is 64.1 Å². The van der Waals surface area contributed by atoms with Gasteiger partial charge in [0.25, 0.3) is 0 Å². The van der Waals surface area contributed by atoms with E-state index in [1.165, 1.54) is 0 Å². The van der Waals surface area contributed by atoms with Crippen molar-refractivity contribution in [3.8, 4) is 11.5 Å². The fraction of sp³-hybridized carbons (Fsp3) is 0.400. The van der Waals surface area contributed by atoms with Crippen molar-refractivity contribution >= 4 is 11.9 Å². The van der Waals surface area contributed by atoms with Crippen LogP contribution in [0.3, 0.4) is 0 Å². The van der Waals surface area contributed by atoms with Gasteiger partial charge in [0, 0.05) is 18.7 Å². The van der Waals surface area contributed by atoms with Gasteiger partial charge in [-0.05, 0) is 19.1 Å². The average Bonchev–Trinajstić information content (AvgIpc) is 2.96. The molecule has 0 spiro atoms. The predicted molar refractivity (Wildman–Crippen MR) is 83.7 cm³/mol. The minimum Gasteiger partial charge on any atom is -0.403 e. The highest BCUT2D eigenvalue weighted by atomic mass is 16.4. The van der Waals surface area contributed by atoms with Crippen LogP contribution in [0.15, 0.2) is 28.7 Å². The molecule has 0 aliphatic carbocycles. The van der Waals surface area contributed by atoms with Crippen molar-refractivity contribution in [1.82, 2.24) is 15.1 Å². The fourth-order valence-electron chi connectivity index (χ4n) is 2.00. The lowest BCUT2D eigenvalue weighted by Crippen LogP contribution is -2.37. The SMILES string of the molecule is Cc1ccc(-c2nnc(NC(=O)CN(CCO)CCO)o2)cc1. The molecule has 2 rings (SSSR count). The maximum Gasteiger partial charge on any atom is 0.322 e. The van der Waals surface area contributed by atoms with Gasteiger partial charge in [-0.2, -0.15) is 0 Å². The summed E-state index contributed by atoms with van der Waals surface area (Å²) in [5.41, 5.74) is 1.89. The van der Waals surface area contributed by atoms with Gasteiger partial charge in [-0.1, -0.05) is 22.8 Å². The first kappa shape index (κ1) is 17.1. The fourth-order valence-corrected chi connectivity index (χ4v) is 2.00. The quantitative estimate of drug-likeness (QED) is 0.640. The molecule has 1 aromatic heterocycles. The first-order valence-corrected chi connectivity index (χ1v) is 7.27. The molecule has 0 aliphatic rings. The summed E-state index contributed by atoms with van der Waals surface area (Å²) in [6.45, 7) is 2.41. The van der Waals surface area contributed by atoms with Crippen LogP contribution in [-0.2, 0) is 4.79 Å². The standard InChI is InChI=1S/C15H20N4O4/c1-11-2-4-12(5-3-11)14-17-18-15(23-14)16-13(22)10-19(6-8-20)7-9-21/h2-5,20-21H,6-10H2,1H3,(H,16,18,22). The molecule has 1 amide bonds. The zero-order valence-corrected chi connectivity index (χ0v) is 12.9. The third-order valence-corrected chi connectivity index (χ3v) is 3.17. The molecular weight excluding hydrogens is 300 g/mol. The lowest BCUT2D eigenvalue weighted by Gasteiger charge is -2.18. The molecule has 2 aromatic rings. The third-order valence-electron chi connectivity index (χ3n) is 3.17. The van der Waals surface area contributed by atoms with Crippen LogP contribution in [0.4, 0.5) is 6.01 Å². The molecule has 0 radical (unpaired) electrons. The number of hydrogen-bond donors (Lipinski definition) is 3. The Hall–Kier alpha value is -2.29. The molecule has 0 saturated carbocycles. The number of benzene rings is 1. The summed E-state index contributed by atoms with van der Waals surface area (Å²) in [6, 6.07) is 7.59. The number of nitrogens with zero attached hydrogens (tertiary/aromatic N) is 3. The summed E-state index contributed by atoms with van der Waals surface area (Å²) in [7, 11) is 0. The first-order valence-electron chi connectivity index (χ1n) is 7.27. The summed E-state index contributed by atoms with van der Waals surface area (Å²) in [5.74, 6) is -0.0334. The summed E-state index contributed by atoms with van der Waals surface area (Å²) in [4.78, 5) is 13.5. The maximum absolute atomic E-state index is 11.9. The number of carbonyl (C=O) groups excluding carboxylic acids is 1. The molecule has 23 heavy (non-hydrogen) atoms. The van der Waals surface area contributed by atoms with Crippen LogP contribution in [0.1, 0.15) is 5.56 Å². The van der Waals surface area contributed by atoms with Crippen LogP contribution in [0.2, 0.25) is 0 Å². The van der Waals surface area contributed by atoms with E-state index in [-0.39, 0.29) is 31.7 Å². The molecule has 8 nitrogen and oxygen atoms in total. The van der Waals surface area contributed by atoms with Gasteiger partial charge in [0.05, 0.1) is 19.8 Å². The number of anilines is 1. The Labute approximate surface area is 133 Å². The van der Waals surface area contributed by atoms with Crippen molar-refractivity contribution in [1.29, 1.82) is 0 Å². The molecule has 0 bridgehead atoms. The number of aliphatic hydroxyl groups excluding tert-OH is 2. The number of aliphatic hydroxyl groups is 2. The second-order valence-corrected chi connectivity index (χ2v) is 5.05. The Morgan fingerprint density at radius 2 is 1.83 bits per heavy atom. The molecule has 1 aromatic carbocycles. The van der Waals surface area contributed by atoms with E-state index < -0.39 is 0 Å². The Kier molecular flexibility index (Phi) is 6.21. The van der Waals surface area contributed by atoms with E-state index in [9.17, 15) is 4.79 Å². The Balaban J connectivity index is 1.95. The van der Waals surface area contributed by atoms with Gasteiger partial charge < -0.3 is 14.6 Å². The van der Waals surface area contributed by atoms with E-state index in [2.05, 4.69) is 15.5 Å². The zero-order valence-electron chi connectivity index (χ0n) is 12.9. The van der Waals surface area contributed by atoms with E-state index in [1.54, 1.807) is 4.90 Å². The minimum absolute atomic E-state index is 0.0125. The number of aromatic nitrogens is 2. The highest BCUT2D eigenvalue weighted by molar-refractivity contribution is 5.90. The van der Waals surface area contributed by atoms with Crippen molar-refractivity contribution in [3.05, 3.63) is 29.8 Å². The largest absolute Gasteiger partial charge is 0.403 e. The van der Waals surface area contributed by atoms with Crippen LogP contribution >= 0.6 is 0 Å². The van der Waals surface area contributed by atoms with E-state index in [4.69, 9.17) is 14.6 Å². The average molecular weight is 320 g/mol. The monoisotopic (exact) mass is 320 g/mol. The van der Waals surface area contributed by atoms with E-state index in [1.807, 2.05) is 31.2 Å². The first-order chi connectivity index (χ1) is 11.1. The maximum atomic E-state index is 11.9. The highest BCUT2D eigenvalue weighted by Crippen LogP contribution is 2.19. The molecule has 0 unspecified atom stereocenters. The van der Waals surface area contributed by atoms with Crippen molar-refractivity contribution in [3.63, 3.8) is 0 Å². The van der Waals surface area contributed by atoms with Gasteiger partial charge in [0.2, 0.25) is 11.8 Å². The second kappa shape index (κ2) is 8.37. The Morgan fingerprint density at radius 1 is 1.17 bits per heavy atom. The van der Waals surface area contributed by atoms with Crippen molar-refractivity contribution in [2.24, 2.45) is 0 Å². The number of nitrogens with one attached hydrogen (secondary N) is 1. The number of amides is 1. The summed E-state index contributed by atoms with van der Waals surface area (Å²) < 4.78 is 5.41. The third kappa shape index (κ3) is 5.13. The van der Waals surface area contributed by atoms with Crippen LogP contribution in [0.25, 0.3) is 11.5 Å². The van der Waals surface area contributed by atoms with E-state index in [0.717, 1.165) is 11.1 Å². The lowest BCUT2D eigenvalue weighted by atomic mass is 10.1. The zero-order chi connectivity index (χ0) is 16.7. The smallest absolute Gasteiger partial charge is 0.322 e. The topological polar surface area (TPSA) is 112 Å². The molecule has 3 N–H and O–H groups in total. The van der Waals surface area contributed by atoms with Gasteiger partial charge in [-0.3, -0.25) is 15.0 Å². The molecule has 0 fully saturated rings. The molecule has 124 valence electrons. The van der Waals surface area contributed by atoms with Gasteiger partial charge in [0.1, 0.15) is 0 Å². The van der Waals surface area contributed by atoms with Gasteiger partial charge in [-0.25, -0.2) is 0 Å². The van der Waals surface area contributed by atoms with Crippen LogP contribution in [0.5, 0.6) is 0 Å². The molecule has 0 aliphatic heterocycles. The Morgan fingerprint density at radius 3 is 2.43 bits per heavy atom. The molecule has 1 heterocycles. The van der Waals surface area contributed by atoms with Gasteiger partial charge in [-0.15, -0.1) is 5.10 Å². The minimum atomic E-state index is -0.356. The van der Waals surface area contributed by atoms with E-state index in [0.29, 0.717) is 19.0 Å². The molecule has 0 atom stereocenters. The van der Waals surface area contributed by atoms with Gasteiger partial charge >= 0.3 is 6.01 Å². The second-order valence-electron chi connectivity index (χ2n) is 5.05. The summed E-state index contributed by atoms with van der Waals surface area (Å²) in [6.07, 6.45) is 0. The van der Waals surface area contributed by atoms with Crippen LogP contribution < -0.4 is 5.32 Å². The highest BCUT2D eigenvalue weighted by Gasteiger charge is 2.14. The number of rotatable bonds is 8. The van der Waals surface area contributed by atoms with Crippen molar-refractivity contribution in [2.45, 2.75) is 6.92 Å². The van der Waals surface area contributed by atoms with Crippen molar-refractivity contribution in [2.75, 3.05) is 38.2 Å². The summed E-state index contributed by atoms with van der Waals surface area (Å²) >= 11 is 0. The number of carbonyl (C=O) groups is 1. The number of aryl methyl sites for hydroxylation is 1. The van der Waals surface area contributed by atoms with Crippen molar-refractivity contribution < 1.29 is 19.4 Å². The normalized spacial score (nSPS) is 11.0. The summed E-state index contributed by atoms with van der Waals surface area (Å²) in [5, 5.41) is 28.0. The van der Waals surface area contributed by atoms with E-state index >= 15 is 0 Å². The van der Waals surface area contributed by atoms with Gasteiger partial charge in [0.15, 0.2) is 0 Å². The number of hydrogen-bond acceptors (Lipinski definition) is 7. The molecule has 8 heteroatoms. The lowest BCUT2D eigenvalue weighted by molar-refractivity contribution is -0.117.